The number of aromatic carboxylic acids is 1. The van der Waals surface area contributed by atoms with Crippen LogP contribution in [-0.2, 0) is 0 Å². The van der Waals surface area contributed by atoms with E-state index in [4.69, 9.17) is 9.52 Å². The number of aryl methyl sites for hydroxylation is 1. The molecule has 2 aromatic rings. The van der Waals surface area contributed by atoms with E-state index in [-0.39, 0.29) is 11.8 Å². The number of carbonyl (C=O) groups is 1. The van der Waals surface area contributed by atoms with Gasteiger partial charge in [-0.05, 0) is 45.4 Å². The van der Waals surface area contributed by atoms with Crippen LogP contribution in [0.3, 0.4) is 0 Å². The van der Waals surface area contributed by atoms with Gasteiger partial charge in [0.1, 0.15) is 11.8 Å². The molecule has 96 valence electrons. The van der Waals surface area contributed by atoms with Crippen LogP contribution in [0.1, 0.15) is 46.2 Å². The first-order valence-corrected chi connectivity index (χ1v) is 5.77. The zero-order chi connectivity index (χ0) is 13.4. The topological polar surface area (TPSA) is 68.3 Å². The molecule has 0 spiro atoms. The van der Waals surface area contributed by atoms with Gasteiger partial charge in [0.15, 0.2) is 0 Å². The summed E-state index contributed by atoms with van der Waals surface area (Å²) >= 11 is 0. The molecule has 5 heteroatoms. The molecule has 0 amide bonds. The molecule has 0 radical (unpaired) electrons. The second kappa shape index (κ2) is 4.33. The van der Waals surface area contributed by atoms with Crippen molar-refractivity contribution >= 4 is 5.97 Å². The van der Waals surface area contributed by atoms with Gasteiger partial charge in [0.25, 0.3) is 0 Å². The van der Waals surface area contributed by atoms with Crippen LogP contribution in [0.2, 0.25) is 0 Å². The van der Waals surface area contributed by atoms with Gasteiger partial charge in [-0.25, -0.2) is 4.79 Å². The van der Waals surface area contributed by atoms with Gasteiger partial charge in [0.05, 0.1) is 5.69 Å². The summed E-state index contributed by atoms with van der Waals surface area (Å²) in [4.78, 5) is 10.8. The fraction of sp³-hybridized carbons (Fsp3) is 0.385. The molecule has 0 bridgehead atoms. The molecule has 5 nitrogen and oxygen atoms in total. The highest BCUT2D eigenvalue weighted by molar-refractivity contribution is 5.84. The smallest absolute Gasteiger partial charge is 0.371 e. The summed E-state index contributed by atoms with van der Waals surface area (Å²) in [5.74, 6) is -0.508. The number of nitrogens with zero attached hydrogens (tertiary/aromatic N) is 2. The van der Waals surface area contributed by atoms with Crippen LogP contribution in [0, 0.1) is 20.8 Å². The van der Waals surface area contributed by atoms with E-state index in [1.54, 1.807) is 6.07 Å². The standard InChI is InChI=1S/C13H16N2O3/c1-7-8(2)14-15(9(7)3)10(4)11-5-6-12(18-11)13(16)17/h5-6,10H,1-4H3,(H,16,17). The average Bonchev–Trinajstić information content (AvgIpc) is 2.90. The summed E-state index contributed by atoms with van der Waals surface area (Å²) in [6.45, 7) is 7.90. The summed E-state index contributed by atoms with van der Waals surface area (Å²) in [6.07, 6.45) is 0. The Morgan fingerprint density at radius 1 is 1.39 bits per heavy atom. The second-order valence-electron chi connectivity index (χ2n) is 4.42. The molecule has 0 aliphatic carbocycles. The summed E-state index contributed by atoms with van der Waals surface area (Å²) in [6, 6.07) is 3.03. The lowest BCUT2D eigenvalue weighted by Crippen LogP contribution is -2.09. The Kier molecular flexibility index (Phi) is 2.98. The van der Waals surface area contributed by atoms with Gasteiger partial charge in [-0.2, -0.15) is 5.10 Å². The zero-order valence-electron chi connectivity index (χ0n) is 10.9. The van der Waals surface area contributed by atoms with Gasteiger partial charge in [-0.3, -0.25) is 4.68 Å². The normalized spacial score (nSPS) is 12.7. The van der Waals surface area contributed by atoms with Crippen LogP contribution in [0.5, 0.6) is 0 Å². The molecular weight excluding hydrogens is 232 g/mol. The van der Waals surface area contributed by atoms with E-state index >= 15 is 0 Å². The molecule has 18 heavy (non-hydrogen) atoms. The monoisotopic (exact) mass is 248 g/mol. The minimum Gasteiger partial charge on any atom is -0.475 e. The van der Waals surface area contributed by atoms with Gasteiger partial charge in [0.2, 0.25) is 5.76 Å². The van der Waals surface area contributed by atoms with Crippen LogP contribution in [-0.4, -0.2) is 20.9 Å². The fourth-order valence-electron chi connectivity index (χ4n) is 1.94. The van der Waals surface area contributed by atoms with E-state index in [9.17, 15) is 4.79 Å². The second-order valence-corrected chi connectivity index (χ2v) is 4.42. The Labute approximate surface area is 105 Å². The van der Waals surface area contributed by atoms with E-state index in [0.717, 1.165) is 17.0 Å². The Bertz CT molecular complexity index is 595. The lowest BCUT2D eigenvalue weighted by molar-refractivity contribution is 0.0659. The maximum absolute atomic E-state index is 10.8. The quantitative estimate of drug-likeness (QED) is 0.906. The number of hydrogen-bond donors (Lipinski definition) is 1. The molecular formula is C13H16N2O3. The Balaban J connectivity index is 2.38. The highest BCUT2D eigenvalue weighted by Gasteiger charge is 2.19. The molecule has 2 aromatic heterocycles. The molecule has 0 saturated carbocycles. The van der Waals surface area contributed by atoms with E-state index in [0.29, 0.717) is 5.76 Å². The van der Waals surface area contributed by atoms with Gasteiger partial charge < -0.3 is 9.52 Å². The number of rotatable bonds is 3. The van der Waals surface area contributed by atoms with Crippen LogP contribution in [0.15, 0.2) is 16.5 Å². The third-order valence-electron chi connectivity index (χ3n) is 3.30. The SMILES string of the molecule is Cc1nn(C(C)c2ccc(C(=O)O)o2)c(C)c1C. The molecule has 1 N–H and O–H groups in total. The van der Waals surface area contributed by atoms with E-state index in [2.05, 4.69) is 5.10 Å². The van der Waals surface area contributed by atoms with E-state index in [1.165, 1.54) is 6.07 Å². The summed E-state index contributed by atoms with van der Waals surface area (Å²) in [5, 5.41) is 13.3. The summed E-state index contributed by atoms with van der Waals surface area (Å²) in [7, 11) is 0. The van der Waals surface area contributed by atoms with Crippen LogP contribution >= 0.6 is 0 Å². The van der Waals surface area contributed by atoms with Crippen molar-refractivity contribution in [2.24, 2.45) is 0 Å². The Morgan fingerprint density at radius 2 is 2.06 bits per heavy atom. The van der Waals surface area contributed by atoms with Crippen molar-refractivity contribution in [3.8, 4) is 0 Å². The maximum atomic E-state index is 10.8. The molecule has 0 fully saturated rings. The van der Waals surface area contributed by atoms with Crippen molar-refractivity contribution in [3.05, 3.63) is 40.6 Å². The van der Waals surface area contributed by atoms with Crippen molar-refractivity contribution < 1.29 is 14.3 Å². The van der Waals surface area contributed by atoms with Gasteiger partial charge in [0, 0.05) is 5.69 Å². The van der Waals surface area contributed by atoms with Crippen LogP contribution < -0.4 is 0 Å². The average molecular weight is 248 g/mol. The largest absolute Gasteiger partial charge is 0.475 e. The third kappa shape index (κ3) is 1.92. The van der Waals surface area contributed by atoms with E-state index < -0.39 is 5.97 Å². The number of hydrogen-bond acceptors (Lipinski definition) is 3. The molecule has 0 saturated heterocycles. The van der Waals surface area contributed by atoms with Gasteiger partial charge >= 0.3 is 5.97 Å². The van der Waals surface area contributed by atoms with Crippen molar-refractivity contribution in [2.75, 3.05) is 0 Å². The molecule has 0 aliphatic rings. The van der Waals surface area contributed by atoms with Crippen molar-refractivity contribution in [1.29, 1.82) is 0 Å². The van der Waals surface area contributed by atoms with E-state index in [1.807, 2.05) is 32.4 Å². The predicted octanol–water partition coefficient (Wildman–Crippen LogP) is 2.71. The van der Waals surface area contributed by atoms with Crippen molar-refractivity contribution in [3.63, 3.8) is 0 Å². The third-order valence-corrected chi connectivity index (χ3v) is 3.30. The summed E-state index contributed by atoms with van der Waals surface area (Å²) in [5.41, 5.74) is 3.18. The molecule has 0 aliphatic heterocycles. The Morgan fingerprint density at radius 3 is 2.50 bits per heavy atom. The highest BCUT2D eigenvalue weighted by Crippen LogP contribution is 2.23. The predicted molar refractivity (Wildman–Crippen MR) is 65.9 cm³/mol. The minimum absolute atomic E-state index is 0.0462. The zero-order valence-corrected chi connectivity index (χ0v) is 10.9. The number of aromatic nitrogens is 2. The molecule has 2 heterocycles. The number of carboxylic acid groups (broad SMARTS) is 1. The minimum atomic E-state index is -1.06. The first-order chi connectivity index (χ1) is 8.41. The fourth-order valence-corrected chi connectivity index (χ4v) is 1.94. The summed E-state index contributed by atoms with van der Waals surface area (Å²) < 4.78 is 7.16. The first kappa shape index (κ1) is 12.4. The van der Waals surface area contributed by atoms with Crippen molar-refractivity contribution in [1.82, 2.24) is 9.78 Å². The number of furan rings is 1. The lowest BCUT2D eigenvalue weighted by Gasteiger charge is -2.11. The maximum Gasteiger partial charge on any atom is 0.371 e. The molecule has 2 rings (SSSR count). The molecule has 1 unspecified atom stereocenters. The molecule has 0 aromatic carbocycles. The lowest BCUT2D eigenvalue weighted by atomic mass is 10.2. The van der Waals surface area contributed by atoms with Crippen LogP contribution in [0.4, 0.5) is 0 Å². The highest BCUT2D eigenvalue weighted by atomic mass is 16.4. The molecule has 1 atom stereocenters. The van der Waals surface area contributed by atoms with Crippen LogP contribution in [0.25, 0.3) is 0 Å². The van der Waals surface area contributed by atoms with Gasteiger partial charge in [-0.15, -0.1) is 0 Å². The Hall–Kier alpha value is -2.04. The van der Waals surface area contributed by atoms with Gasteiger partial charge in [-0.1, -0.05) is 0 Å². The number of carboxylic acids is 1. The van der Waals surface area contributed by atoms with Crippen molar-refractivity contribution in [2.45, 2.75) is 33.7 Å². The first-order valence-electron chi connectivity index (χ1n) is 5.77.